The third kappa shape index (κ3) is 4.46. The van der Waals surface area contributed by atoms with Crippen LogP contribution in [0, 0.1) is 5.92 Å². The van der Waals surface area contributed by atoms with Gasteiger partial charge in [-0.05, 0) is 36.9 Å². The van der Waals surface area contributed by atoms with E-state index < -0.39 is 0 Å². The molecule has 1 aromatic rings. The van der Waals surface area contributed by atoms with Crippen molar-refractivity contribution >= 4 is 11.6 Å². The van der Waals surface area contributed by atoms with E-state index in [2.05, 4.69) is 41.4 Å². The number of carbonyl (C=O) groups is 1. The molecule has 1 atom stereocenters. The maximum atomic E-state index is 11.8. The summed E-state index contributed by atoms with van der Waals surface area (Å²) in [5, 5.41) is 3.01. The summed E-state index contributed by atoms with van der Waals surface area (Å²) in [5.41, 5.74) is 8.43. The van der Waals surface area contributed by atoms with E-state index in [1.165, 1.54) is 11.3 Å². The molecule has 1 unspecified atom stereocenters. The molecule has 0 fully saturated rings. The van der Waals surface area contributed by atoms with Gasteiger partial charge in [-0.3, -0.25) is 4.79 Å². The summed E-state index contributed by atoms with van der Waals surface area (Å²) >= 11 is 0. The molecule has 0 saturated heterocycles. The number of nitrogens with one attached hydrogen (secondary N) is 1. The monoisotopic (exact) mass is 289 g/mol. The summed E-state index contributed by atoms with van der Waals surface area (Å²) in [6.45, 7) is 5.52. The Labute approximate surface area is 127 Å². The number of nitrogens with zero attached hydrogens (tertiary/aromatic N) is 1. The Hall–Kier alpha value is -1.55. The largest absolute Gasteiger partial charge is 0.371 e. The Bertz CT molecular complexity index is 457. The minimum absolute atomic E-state index is 0.133. The Kier molecular flexibility index (Phi) is 6.05. The van der Waals surface area contributed by atoms with Gasteiger partial charge in [-0.1, -0.05) is 31.5 Å². The summed E-state index contributed by atoms with van der Waals surface area (Å²) in [5.74, 6) is 0.449. The van der Waals surface area contributed by atoms with Gasteiger partial charge in [0.1, 0.15) is 0 Å². The first-order chi connectivity index (χ1) is 10.2. The summed E-state index contributed by atoms with van der Waals surface area (Å²) in [6, 6.07) is 8.59. The van der Waals surface area contributed by atoms with Gasteiger partial charge in [0.2, 0.25) is 5.91 Å². The molecule has 21 heavy (non-hydrogen) atoms. The highest BCUT2D eigenvalue weighted by atomic mass is 16.1. The zero-order chi connectivity index (χ0) is 15.1. The number of rotatable bonds is 8. The summed E-state index contributed by atoms with van der Waals surface area (Å²) in [4.78, 5) is 14.2. The number of fused-ring (bicyclic) bond motifs is 1. The zero-order valence-corrected chi connectivity index (χ0v) is 13.0. The van der Waals surface area contributed by atoms with Crippen molar-refractivity contribution in [3.8, 4) is 0 Å². The Morgan fingerprint density at radius 2 is 2.24 bits per heavy atom. The molecular formula is C17H27N3O. The van der Waals surface area contributed by atoms with Crippen LogP contribution in [0.25, 0.3) is 0 Å². The van der Waals surface area contributed by atoms with Crippen LogP contribution in [-0.2, 0) is 11.2 Å². The van der Waals surface area contributed by atoms with Crippen LogP contribution in [-0.4, -0.2) is 32.1 Å². The van der Waals surface area contributed by atoms with Crippen molar-refractivity contribution in [1.29, 1.82) is 0 Å². The van der Waals surface area contributed by atoms with Gasteiger partial charge in [-0.15, -0.1) is 0 Å². The van der Waals surface area contributed by atoms with Crippen LogP contribution >= 0.6 is 0 Å². The van der Waals surface area contributed by atoms with Crippen LogP contribution in [0.15, 0.2) is 24.3 Å². The smallest absolute Gasteiger partial charge is 0.220 e. The van der Waals surface area contributed by atoms with Gasteiger partial charge in [0.05, 0.1) is 0 Å². The van der Waals surface area contributed by atoms with Crippen LogP contribution in [0.2, 0.25) is 0 Å². The average molecular weight is 289 g/mol. The number of amides is 1. The van der Waals surface area contributed by atoms with Gasteiger partial charge in [-0.2, -0.15) is 0 Å². The van der Waals surface area contributed by atoms with E-state index in [0.717, 1.165) is 38.9 Å². The molecule has 0 bridgehead atoms. The van der Waals surface area contributed by atoms with E-state index in [-0.39, 0.29) is 5.91 Å². The molecule has 1 aliphatic heterocycles. The number of nitrogens with two attached hydrogens (primary N) is 1. The lowest BCUT2D eigenvalue weighted by Gasteiger charge is -2.19. The molecule has 116 valence electrons. The number of benzene rings is 1. The summed E-state index contributed by atoms with van der Waals surface area (Å²) in [6.07, 6.45) is 3.64. The molecule has 0 saturated carbocycles. The molecule has 3 N–H and O–H groups in total. The fraction of sp³-hybridized carbons (Fsp3) is 0.588. The van der Waals surface area contributed by atoms with Crippen molar-refractivity contribution in [2.45, 2.75) is 32.6 Å². The van der Waals surface area contributed by atoms with E-state index in [1.54, 1.807) is 0 Å². The van der Waals surface area contributed by atoms with Crippen LogP contribution in [0.1, 0.15) is 31.7 Å². The molecule has 2 rings (SSSR count). The molecule has 4 heteroatoms. The second-order valence-corrected chi connectivity index (χ2v) is 5.78. The van der Waals surface area contributed by atoms with Crippen molar-refractivity contribution < 1.29 is 4.79 Å². The van der Waals surface area contributed by atoms with Gasteiger partial charge >= 0.3 is 0 Å². The van der Waals surface area contributed by atoms with Crippen molar-refractivity contribution in [2.75, 3.05) is 31.1 Å². The molecule has 4 nitrogen and oxygen atoms in total. The number of anilines is 1. The van der Waals surface area contributed by atoms with Gasteiger partial charge in [0, 0.05) is 31.7 Å². The lowest BCUT2D eigenvalue weighted by Crippen LogP contribution is -2.31. The minimum atomic E-state index is 0.133. The predicted molar refractivity (Wildman–Crippen MR) is 87.4 cm³/mol. The highest BCUT2D eigenvalue weighted by molar-refractivity contribution is 5.76. The van der Waals surface area contributed by atoms with Gasteiger partial charge in [0.15, 0.2) is 0 Å². The standard InChI is InChI=1S/C17H27N3O/c1-2-14(13-18)12-17(21)19-9-5-10-20-11-8-15-6-3-4-7-16(15)20/h3-4,6-7,14H,2,5,8-13,18H2,1H3,(H,19,21). The lowest BCUT2D eigenvalue weighted by atomic mass is 10.0. The van der Waals surface area contributed by atoms with E-state index in [1.807, 2.05) is 0 Å². The highest BCUT2D eigenvalue weighted by Crippen LogP contribution is 2.27. The SMILES string of the molecule is CCC(CN)CC(=O)NCCCN1CCc2ccccc21. The maximum Gasteiger partial charge on any atom is 0.220 e. The Morgan fingerprint density at radius 1 is 1.43 bits per heavy atom. The first-order valence-corrected chi connectivity index (χ1v) is 8.04. The first kappa shape index (κ1) is 15.8. The van der Waals surface area contributed by atoms with Crippen LogP contribution in [0.5, 0.6) is 0 Å². The fourth-order valence-corrected chi connectivity index (χ4v) is 2.87. The van der Waals surface area contributed by atoms with E-state index in [0.29, 0.717) is 18.9 Å². The van der Waals surface area contributed by atoms with E-state index in [4.69, 9.17) is 5.73 Å². The molecular weight excluding hydrogens is 262 g/mol. The number of hydrogen-bond donors (Lipinski definition) is 2. The van der Waals surface area contributed by atoms with E-state index >= 15 is 0 Å². The molecule has 0 radical (unpaired) electrons. The van der Waals surface area contributed by atoms with Crippen molar-refractivity contribution in [1.82, 2.24) is 5.32 Å². The average Bonchev–Trinajstić information content (AvgIpc) is 2.92. The molecule has 1 aliphatic rings. The van der Waals surface area contributed by atoms with Gasteiger partial charge < -0.3 is 16.0 Å². The van der Waals surface area contributed by atoms with Crippen molar-refractivity contribution in [3.63, 3.8) is 0 Å². The van der Waals surface area contributed by atoms with Crippen LogP contribution in [0.3, 0.4) is 0 Å². The number of hydrogen-bond acceptors (Lipinski definition) is 3. The third-order valence-corrected chi connectivity index (χ3v) is 4.30. The second-order valence-electron chi connectivity index (χ2n) is 5.78. The molecule has 0 aliphatic carbocycles. The Morgan fingerprint density at radius 3 is 3.00 bits per heavy atom. The molecule has 1 amide bonds. The minimum Gasteiger partial charge on any atom is -0.371 e. The number of carbonyl (C=O) groups excluding carboxylic acids is 1. The highest BCUT2D eigenvalue weighted by Gasteiger charge is 2.17. The van der Waals surface area contributed by atoms with Crippen LogP contribution in [0.4, 0.5) is 5.69 Å². The molecule has 0 aromatic heterocycles. The van der Waals surface area contributed by atoms with Crippen LogP contribution < -0.4 is 16.0 Å². The van der Waals surface area contributed by atoms with E-state index in [9.17, 15) is 4.79 Å². The van der Waals surface area contributed by atoms with Gasteiger partial charge in [0.25, 0.3) is 0 Å². The van der Waals surface area contributed by atoms with Gasteiger partial charge in [-0.25, -0.2) is 0 Å². The first-order valence-electron chi connectivity index (χ1n) is 8.04. The lowest BCUT2D eigenvalue weighted by molar-refractivity contribution is -0.121. The second kappa shape index (κ2) is 8.03. The molecule has 1 aromatic carbocycles. The predicted octanol–water partition coefficient (Wildman–Crippen LogP) is 1.93. The van der Waals surface area contributed by atoms with Crippen molar-refractivity contribution in [3.05, 3.63) is 29.8 Å². The Balaban J connectivity index is 1.66. The third-order valence-electron chi connectivity index (χ3n) is 4.30. The zero-order valence-electron chi connectivity index (χ0n) is 13.0. The molecule has 1 heterocycles. The number of para-hydroxylation sites is 1. The summed E-state index contributed by atoms with van der Waals surface area (Å²) in [7, 11) is 0. The summed E-state index contributed by atoms with van der Waals surface area (Å²) < 4.78 is 0. The maximum absolute atomic E-state index is 11.8. The quantitative estimate of drug-likeness (QED) is 0.719. The van der Waals surface area contributed by atoms with Crippen molar-refractivity contribution in [2.24, 2.45) is 11.7 Å². The topological polar surface area (TPSA) is 58.4 Å². The fourth-order valence-electron chi connectivity index (χ4n) is 2.87. The molecule has 0 spiro atoms. The normalized spacial score (nSPS) is 14.9.